The highest BCUT2D eigenvalue weighted by molar-refractivity contribution is 5.39. The quantitative estimate of drug-likeness (QED) is 0.710. The lowest BCUT2D eigenvalue weighted by Crippen LogP contribution is -2.51. The Morgan fingerprint density at radius 3 is 2.63 bits per heavy atom. The van der Waals surface area contributed by atoms with E-state index in [9.17, 15) is 0 Å². The van der Waals surface area contributed by atoms with Gasteiger partial charge in [-0.15, -0.1) is 0 Å². The third kappa shape index (κ3) is 3.87. The molecule has 2 fully saturated rings. The minimum atomic E-state index is -0.381. The first kappa shape index (κ1) is 18.8. The molecule has 0 bridgehead atoms. The Kier molecular flexibility index (Phi) is 4.96. The summed E-state index contributed by atoms with van der Waals surface area (Å²) in [5, 5.41) is 0. The SMILES string of the molecule is CN1CCN(CC#C[C@@]2(C)CC[C@H]3[C@H](O2)c2ccccc2OC3(C)C)CC1. The molecule has 1 aromatic carbocycles. The van der Waals surface area contributed by atoms with Gasteiger partial charge in [-0.25, -0.2) is 0 Å². The molecule has 0 N–H and O–H groups in total. The number of fused-ring (bicyclic) bond motifs is 3. The Hall–Kier alpha value is -1.54. The van der Waals surface area contributed by atoms with Crippen molar-refractivity contribution in [1.29, 1.82) is 0 Å². The first-order chi connectivity index (χ1) is 12.9. The first-order valence-electron chi connectivity index (χ1n) is 10.2. The average molecular weight is 369 g/mol. The number of para-hydroxylation sites is 1. The average Bonchev–Trinajstić information content (AvgIpc) is 2.63. The van der Waals surface area contributed by atoms with Crippen molar-refractivity contribution >= 4 is 0 Å². The second-order valence-corrected chi connectivity index (χ2v) is 9.04. The smallest absolute Gasteiger partial charge is 0.126 e. The monoisotopic (exact) mass is 368 g/mol. The third-order valence-corrected chi connectivity index (χ3v) is 6.43. The fourth-order valence-corrected chi connectivity index (χ4v) is 4.60. The molecule has 0 unspecified atom stereocenters. The Morgan fingerprint density at radius 2 is 1.85 bits per heavy atom. The van der Waals surface area contributed by atoms with Crippen LogP contribution in [0.15, 0.2) is 24.3 Å². The van der Waals surface area contributed by atoms with Gasteiger partial charge in [-0.3, -0.25) is 4.90 Å². The molecule has 0 spiro atoms. The van der Waals surface area contributed by atoms with Gasteiger partial charge in [-0.2, -0.15) is 0 Å². The molecule has 146 valence electrons. The summed E-state index contributed by atoms with van der Waals surface area (Å²) in [7, 11) is 2.18. The van der Waals surface area contributed by atoms with Crippen molar-refractivity contribution < 1.29 is 9.47 Å². The number of hydrogen-bond donors (Lipinski definition) is 0. The van der Waals surface area contributed by atoms with Crippen molar-refractivity contribution in [3.05, 3.63) is 29.8 Å². The van der Waals surface area contributed by atoms with Gasteiger partial charge in [-0.1, -0.05) is 30.0 Å². The zero-order valence-electron chi connectivity index (χ0n) is 17.1. The minimum absolute atomic E-state index is 0.0571. The topological polar surface area (TPSA) is 24.9 Å². The van der Waals surface area contributed by atoms with Crippen LogP contribution in [-0.2, 0) is 4.74 Å². The molecule has 27 heavy (non-hydrogen) atoms. The van der Waals surface area contributed by atoms with Gasteiger partial charge in [0, 0.05) is 37.7 Å². The second kappa shape index (κ2) is 7.13. The van der Waals surface area contributed by atoms with Gasteiger partial charge in [0.05, 0.1) is 12.6 Å². The molecule has 3 heterocycles. The van der Waals surface area contributed by atoms with Gasteiger partial charge < -0.3 is 14.4 Å². The molecule has 1 aromatic rings. The van der Waals surface area contributed by atoms with Crippen molar-refractivity contribution in [2.75, 3.05) is 39.8 Å². The predicted octanol–water partition coefficient (Wildman–Crippen LogP) is 3.33. The van der Waals surface area contributed by atoms with E-state index in [4.69, 9.17) is 9.47 Å². The van der Waals surface area contributed by atoms with E-state index in [0.717, 1.165) is 51.3 Å². The number of hydrogen-bond acceptors (Lipinski definition) is 4. The molecule has 0 saturated carbocycles. The molecule has 3 aliphatic heterocycles. The van der Waals surface area contributed by atoms with E-state index in [0.29, 0.717) is 5.92 Å². The molecule has 0 amide bonds. The van der Waals surface area contributed by atoms with Crippen LogP contribution in [0.1, 0.15) is 45.3 Å². The molecule has 3 atom stereocenters. The van der Waals surface area contributed by atoms with Crippen molar-refractivity contribution in [3.63, 3.8) is 0 Å². The van der Waals surface area contributed by atoms with E-state index in [1.165, 1.54) is 5.56 Å². The molecule has 0 radical (unpaired) electrons. The summed E-state index contributed by atoms with van der Waals surface area (Å²) >= 11 is 0. The molecule has 4 rings (SSSR count). The maximum atomic E-state index is 6.67. The number of nitrogens with zero attached hydrogens (tertiary/aromatic N) is 2. The van der Waals surface area contributed by atoms with Gasteiger partial charge in [0.15, 0.2) is 0 Å². The molecule has 0 aliphatic carbocycles. The molecule has 3 aliphatic rings. The van der Waals surface area contributed by atoms with Crippen LogP contribution < -0.4 is 4.74 Å². The molecule has 4 nitrogen and oxygen atoms in total. The van der Waals surface area contributed by atoms with Gasteiger partial charge in [-0.05, 0) is 46.7 Å². The van der Waals surface area contributed by atoms with E-state index in [1.54, 1.807) is 0 Å². The van der Waals surface area contributed by atoms with Crippen molar-refractivity contribution in [2.24, 2.45) is 5.92 Å². The summed E-state index contributed by atoms with van der Waals surface area (Å²) in [6.45, 7) is 11.8. The van der Waals surface area contributed by atoms with Crippen LogP contribution in [0.5, 0.6) is 5.75 Å². The standard InChI is InChI=1S/C23H32N2O2/c1-22(2)19-10-12-23(3,11-7-13-25-16-14-24(4)15-17-25)27-21(19)18-8-5-6-9-20(18)26-22/h5-6,8-9,19,21H,10,12-17H2,1-4H3/t19-,21+,23-/m0/s1. The van der Waals surface area contributed by atoms with Gasteiger partial charge >= 0.3 is 0 Å². The van der Waals surface area contributed by atoms with E-state index in [-0.39, 0.29) is 17.3 Å². The first-order valence-corrected chi connectivity index (χ1v) is 10.2. The summed E-state index contributed by atoms with van der Waals surface area (Å²) in [5.74, 6) is 8.22. The van der Waals surface area contributed by atoms with Gasteiger partial charge in [0.1, 0.15) is 17.0 Å². The molecular formula is C23H32N2O2. The number of likely N-dealkylation sites (N-methyl/N-ethyl adjacent to an activating group) is 1. The van der Waals surface area contributed by atoms with Gasteiger partial charge in [0.2, 0.25) is 0 Å². The van der Waals surface area contributed by atoms with Crippen LogP contribution in [0.4, 0.5) is 0 Å². The van der Waals surface area contributed by atoms with Crippen LogP contribution in [0.3, 0.4) is 0 Å². The maximum Gasteiger partial charge on any atom is 0.126 e. The Balaban J connectivity index is 1.49. The molecule has 2 saturated heterocycles. The highest BCUT2D eigenvalue weighted by Gasteiger charge is 2.49. The van der Waals surface area contributed by atoms with Crippen molar-refractivity contribution in [2.45, 2.75) is 50.9 Å². The minimum Gasteiger partial charge on any atom is -0.487 e. The zero-order chi connectivity index (χ0) is 19.1. The van der Waals surface area contributed by atoms with Crippen LogP contribution in [0.2, 0.25) is 0 Å². The summed E-state index contributed by atoms with van der Waals surface area (Å²) < 4.78 is 13.0. The molecule has 4 heteroatoms. The fourth-order valence-electron chi connectivity index (χ4n) is 4.60. The zero-order valence-corrected chi connectivity index (χ0v) is 17.1. The van der Waals surface area contributed by atoms with Crippen LogP contribution in [0.25, 0.3) is 0 Å². The maximum absolute atomic E-state index is 6.67. The Labute approximate surface area is 163 Å². The van der Waals surface area contributed by atoms with Crippen LogP contribution >= 0.6 is 0 Å². The summed E-state index contributed by atoms with van der Waals surface area (Å²) in [6.07, 6.45) is 2.09. The summed E-state index contributed by atoms with van der Waals surface area (Å²) in [4.78, 5) is 4.81. The number of benzene rings is 1. The lowest BCUT2D eigenvalue weighted by Gasteiger charge is -2.50. The molecular weight excluding hydrogens is 336 g/mol. The Bertz CT molecular complexity index is 742. The van der Waals surface area contributed by atoms with E-state index in [1.807, 2.05) is 6.07 Å². The van der Waals surface area contributed by atoms with Crippen molar-refractivity contribution in [1.82, 2.24) is 9.80 Å². The highest BCUT2D eigenvalue weighted by atomic mass is 16.5. The molecule has 0 aromatic heterocycles. The fraction of sp³-hybridized carbons (Fsp3) is 0.652. The number of rotatable bonds is 1. The third-order valence-electron chi connectivity index (χ3n) is 6.43. The lowest BCUT2D eigenvalue weighted by atomic mass is 9.73. The van der Waals surface area contributed by atoms with Gasteiger partial charge in [0.25, 0.3) is 0 Å². The highest BCUT2D eigenvalue weighted by Crippen LogP contribution is 2.52. The number of piperazine rings is 1. The second-order valence-electron chi connectivity index (χ2n) is 9.04. The lowest BCUT2D eigenvalue weighted by molar-refractivity contribution is -0.169. The van der Waals surface area contributed by atoms with Crippen molar-refractivity contribution in [3.8, 4) is 17.6 Å². The van der Waals surface area contributed by atoms with E-state index < -0.39 is 0 Å². The largest absolute Gasteiger partial charge is 0.487 e. The van der Waals surface area contributed by atoms with E-state index in [2.05, 4.69) is 67.7 Å². The number of ether oxygens (including phenoxy) is 2. The van der Waals surface area contributed by atoms with E-state index >= 15 is 0 Å². The summed E-state index contributed by atoms with van der Waals surface area (Å²) in [5.41, 5.74) is 0.579. The van der Waals surface area contributed by atoms with Crippen LogP contribution in [0, 0.1) is 17.8 Å². The van der Waals surface area contributed by atoms with Crippen LogP contribution in [-0.4, -0.2) is 60.8 Å². The summed E-state index contributed by atoms with van der Waals surface area (Å²) in [6, 6.07) is 8.31. The Morgan fingerprint density at radius 1 is 1.11 bits per heavy atom. The normalized spacial score (nSPS) is 33.2. The predicted molar refractivity (Wildman–Crippen MR) is 108 cm³/mol.